The summed E-state index contributed by atoms with van der Waals surface area (Å²) in [6, 6.07) is 18.4. The van der Waals surface area contributed by atoms with E-state index in [1.54, 1.807) is 39.8 Å². The summed E-state index contributed by atoms with van der Waals surface area (Å²) in [6.07, 6.45) is 1.80. The summed E-state index contributed by atoms with van der Waals surface area (Å²) in [4.78, 5) is 44.5. The minimum atomic E-state index is -4.02. The summed E-state index contributed by atoms with van der Waals surface area (Å²) in [5, 5.41) is 6.06. The maximum atomic E-state index is 14.1. The van der Waals surface area contributed by atoms with Crippen LogP contribution in [0.25, 0.3) is 4.85 Å². The molecule has 0 aliphatic carbocycles. The van der Waals surface area contributed by atoms with Crippen molar-refractivity contribution >= 4 is 67.0 Å². The molecule has 2 atom stereocenters. The van der Waals surface area contributed by atoms with Crippen LogP contribution in [0.4, 0.5) is 0 Å². The molecule has 0 saturated heterocycles. The van der Waals surface area contributed by atoms with Gasteiger partial charge in [-0.05, 0) is 25.3 Å². The molecule has 280 valence electrons. The number of amides is 2. The van der Waals surface area contributed by atoms with Crippen molar-refractivity contribution < 1.29 is 31.8 Å². The van der Waals surface area contributed by atoms with E-state index >= 15 is 0 Å². The molecule has 2 rings (SSSR count). The zero-order valence-electron chi connectivity index (χ0n) is 30.6. The zero-order valence-corrected chi connectivity index (χ0v) is 33.8. The van der Waals surface area contributed by atoms with Crippen LogP contribution in [0.2, 0.25) is 0 Å². The fourth-order valence-electron chi connectivity index (χ4n) is 5.96. The third kappa shape index (κ3) is 16.2. The number of thiocarbonyl (C=S) groups is 1. The highest BCUT2D eigenvalue weighted by atomic mass is 32.2. The lowest BCUT2D eigenvalue weighted by Gasteiger charge is -2.38. The van der Waals surface area contributed by atoms with E-state index in [-0.39, 0.29) is 35.5 Å². The standard InChI is InChI=1S/C37H52N4O6S4/c1-35(2,38-5)27-36(3,33(43)39-22-15-25-49-31(42)29-17-10-8-11-18-29)28-37(4,50-32(48)30-19-12-9-13-20-30)34(44)40-21-14-23-41(6,7)24-16-26-51(45,46)47/h8-13,17-20H,14-16,21-28H2,1-4,6-7H3,(H2-,39,40,43,44,45,46,47)/p+1. The molecule has 0 aliphatic heterocycles. The molecule has 51 heavy (non-hydrogen) atoms. The Morgan fingerprint density at radius 3 is 1.94 bits per heavy atom. The summed E-state index contributed by atoms with van der Waals surface area (Å²) in [7, 11) is -0.0922. The maximum Gasteiger partial charge on any atom is 0.265 e. The number of benzene rings is 2. The average Bonchev–Trinajstić information content (AvgIpc) is 3.05. The van der Waals surface area contributed by atoms with Crippen molar-refractivity contribution in [3.8, 4) is 0 Å². The van der Waals surface area contributed by atoms with Crippen LogP contribution < -0.4 is 10.6 Å². The molecule has 0 fully saturated rings. The SMILES string of the molecule is [C-]#[N+]C(C)(C)CC(C)(CC(C)(SC(=S)c1ccccc1)C(=O)NCCC[N+](C)(C)CCCS(=O)(=O)O)C(=O)NCCCSC(=O)c1ccccc1. The van der Waals surface area contributed by atoms with Gasteiger partial charge in [-0.2, -0.15) is 8.42 Å². The van der Waals surface area contributed by atoms with E-state index in [0.29, 0.717) is 65.4 Å². The molecule has 2 aromatic rings. The third-order valence-electron chi connectivity index (χ3n) is 8.45. The lowest BCUT2D eigenvalue weighted by Crippen LogP contribution is -2.52. The van der Waals surface area contributed by atoms with Crippen LogP contribution in [-0.4, -0.2) is 101 Å². The normalized spacial score (nSPS) is 14.4. The topological polar surface area (TPSA) is 134 Å². The maximum absolute atomic E-state index is 14.1. The third-order valence-corrected chi connectivity index (χ3v) is 11.9. The largest absolute Gasteiger partial charge is 0.356 e. The van der Waals surface area contributed by atoms with E-state index in [0.717, 1.165) is 5.56 Å². The van der Waals surface area contributed by atoms with Crippen LogP contribution in [-0.2, 0) is 19.7 Å². The molecule has 2 unspecified atom stereocenters. The van der Waals surface area contributed by atoms with E-state index in [1.165, 1.54) is 23.5 Å². The molecule has 0 aromatic heterocycles. The van der Waals surface area contributed by atoms with Gasteiger partial charge in [0.05, 0.1) is 47.3 Å². The molecule has 10 nitrogen and oxygen atoms in total. The fourth-order valence-corrected chi connectivity index (χ4v) is 9.13. The molecule has 2 aromatic carbocycles. The number of quaternary nitrogens is 1. The number of thioether (sulfide) groups is 2. The fraction of sp³-hybridized carbons (Fsp3) is 0.541. The summed E-state index contributed by atoms with van der Waals surface area (Å²) in [6.45, 7) is 16.9. The van der Waals surface area contributed by atoms with Crippen molar-refractivity contribution in [3.05, 3.63) is 83.2 Å². The molecule has 0 saturated carbocycles. The van der Waals surface area contributed by atoms with E-state index in [4.69, 9.17) is 23.3 Å². The van der Waals surface area contributed by atoms with E-state index in [2.05, 4.69) is 15.5 Å². The van der Waals surface area contributed by atoms with Crippen LogP contribution in [0.15, 0.2) is 60.7 Å². The monoisotopic (exact) mass is 777 g/mol. The van der Waals surface area contributed by atoms with Crippen molar-refractivity contribution in [2.45, 2.75) is 70.1 Å². The van der Waals surface area contributed by atoms with Gasteiger partial charge in [0.1, 0.15) is 0 Å². The summed E-state index contributed by atoms with van der Waals surface area (Å²) in [5.41, 5.74) is -0.596. The first-order valence-electron chi connectivity index (χ1n) is 16.9. The minimum absolute atomic E-state index is 0.0292. The second kappa shape index (κ2) is 19.9. The smallest absolute Gasteiger partial charge is 0.265 e. The first-order chi connectivity index (χ1) is 23.7. The van der Waals surface area contributed by atoms with E-state index in [9.17, 15) is 22.8 Å². The number of carbonyl (C=O) groups excluding carboxylic acids is 3. The lowest BCUT2D eigenvalue weighted by molar-refractivity contribution is -0.890. The van der Waals surface area contributed by atoms with Gasteiger partial charge in [0, 0.05) is 57.5 Å². The molecule has 2 amide bonds. The van der Waals surface area contributed by atoms with Gasteiger partial charge in [-0.1, -0.05) is 103 Å². The van der Waals surface area contributed by atoms with Crippen LogP contribution >= 0.6 is 35.7 Å². The highest BCUT2D eigenvalue weighted by Gasteiger charge is 2.49. The highest BCUT2D eigenvalue weighted by Crippen LogP contribution is 2.44. The number of carbonyl (C=O) groups is 3. The number of rotatable bonds is 21. The molecule has 14 heteroatoms. The van der Waals surface area contributed by atoms with Gasteiger partial charge in [0.2, 0.25) is 22.5 Å². The van der Waals surface area contributed by atoms with Gasteiger partial charge in [-0.15, -0.1) is 0 Å². The Bertz CT molecular complexity index is 1630. The molecule has 3 N–H and O–H groups in total. The quantitative estimate of drug-likeness (QED) is 0.0441. The van der Waals surface area contributed by atoms with E-state index < -0.39 is 25.8 Å². The number of nitrogens with one attached hydrogen (secondary N) is 2. The Hall–Kier alpha value is -2.80. The molecule has 0 heterocycles. The Morgan fingerprint density at radius 1 is 0.843 bits per heavy atom. The van der Waals surface area contributed by atoms with Gasteiger partial charge in [0.15, 0.2) is 0 Å². The van der Waals surface area contributed by atoms with Crippen LogP contribution in [0, 0.1) is 12.0 Å². The predicted molar refractivity (Wildman–Crippen MR) is 214 cm³/mol. The van der Waals surface area contributed by atoms with Gasteiger partial charge >= 0.3 is 0 Å². The molecule has 0 radical (unpaired) electrons. The van der Waals surface area contributed by atoms with Crippen molar-refractivity contribution in [3.63, 3.8) is 0 Å². The zero-order chi connectivity index (χ0) is 38.3. The molecular weight excluding hydrogens is 725 g/mol. The van der Waals surface area contributed by atoms with E-state index in [1.807, 2.05) is 62.6 Å². The minimum Gasteiger partial charge on any atom is -0.356 e. The van der Waals surface area contributed by atoms with Crippen molar-refractivity contribution in [2.24, 2.45) is 5.41 Å². The van der Waals surface area contributed by atoms with Gasteiger partial charge in [-0.3, -0.25) is 18.9 Å². The second-order valence-electron chi connectivity index (χ2n) is 14.6. The van der Waals surface area contributed by atoms with Crippen LogP contribution in [0.5, 0.6) is 0 Å². The first kappa shape index (κ1) is 44.4. The Labute approximate surface area is 318 Å². The Balaban J connectivity index is 2.21. The Kier molecular flexibility index (Phi) is 17.3. The van der Waals surface area contributed by atoms with Crippen LogP contribution in [0.1, 0.15) is 75.7 Å². The highest BCUT2D eigenvalue weighted by molar-refractivity contribution is 8.25. The first-order valence-corrected chi connectivity index (χ1v) is 20.8. The molecular formula is C37H53N4O6S4+. The van der Waals surface area contributed by atoms with Gasteiger partial charge in [-0.25, -0.2) is 6.57 Å². The summed E-state index contributed by atoms with van der Waals surface area (Å²) >= 11 is 8.26. The van der Waals surface area contributed by atoms with Crippen molar-refractivity contribution in [2.75, 3.05) is 51.8 Å². The lowest BCUT2D eigenvalue weighted by atomic mass is 9.72. The summed E-state index contributed by atoms with van der Waals surface area (Å²) in [5.74, 6) is -0.327. The molecule has 0 aliphatic rings. The van der Waals surface area contributed by atoms with Crippen LogP contribution in [0.3, 0.4) is 0 Å². The number of nitrogens with zero attached hydrogens (tertiary/aromatic N) is 2. The van der Waals surface area contributed by atoms with Gasteiger partial charge < -0.3 is 20.0 Å². The number of hydrogen-bond acceptors (Lipinski definition) is 8. The van der Waals surface area contributed by atoms with Gasteiger partial charge in [0.25, 0.3) is 10.1 Å². The molecule has 0 spiro atoms. The average molecular weight is 778 g/mol. The number of hydrogen-bond donors (Lipinski definition) is 3. The predicted octanol–water partition coefficient (Wildman–Crippen LogP) is 6.28. The second-order valence-corrected chi connectivity index (χ2v) is 19.4. The Morgan fingerprint density at radius 2 is 1.37 bits per heavy atom. The van der Waals surface area contributed by atoms with Crippen molar-refractivity contribution in [1.29, 1.82) is 0 Å². The molecule has 0 bridgehead atoms. The summed E-state index contributed by atoms with van der Waals surface area (Å²) < 4.78 is 31.2. The van der Waals surface area contributed by atoms with Crippen molar-refractivity contribution in [1.82, 2.24) is 10.6 Å².